The van der Waals surface area contributed by atoms with Crippen molar-refractivity contribution in [1.29, 1.82) is 0 Å². The second-order valence-corrected chi connectivity index (χ2v) is 4.98. The van der Waals surface area contributed by atoms with Crippen molar-refractivity contribution in [2.24, 2.45) is 0 Å². The Balaban J connectivity index is 2.07. The first kappa shape index (κ1) is 9.43. The van der Waals surface area contributed by atoms with Crippen molar-refractivity contribution in [2.45, 2.75) is 17.9 Å². The molecule has 2 aromatic rings. The molecule has 0 radical (unpaired) electrons. The van der Waals surface area contributed by atoms with Crippen LogP contribution in [0.15, 0.2) is 48.5 Å². The van der Waals surface area contributed by atoms with E-state index in [0.717, 1.165) is 6.42 Å². The summed E-state index contributed by atoms with van der Waals surface area (Å²) in [7, 11) is 1.84. The molecule has 17 heavy (non-hydrogen) atoms. The largest absolute Gasteiger partial charge is 0.373 e. The highest BCUT2D eigenvalue weighted by molar-refractivity contribution is 5.78. The highest BCUT2D eigenvalue weighted by atomic mass is 16.5. The van der Waals surface area contributed by atoms with E-state index in [1.54, 1.807) is 0 Å². The fraction of sp³-hybridized carbons (Fsp3) is 0.250. The predicted molar refractivity (Wildman–Crippen MR) is 67.9 cm³/mol. The molecule has 2 aliphatic carbocycles. The highest BCUT2D eigenvalue weighted by Crippen LogP contribution is 2.66. The Labute approximate surface area is 101 Å². The van der Waals surface area contributed by atoms with Crippen LogP contribution in [0, 0.1) is 0 Å². The third kappa shape index (κ3) is 1.03. The molecule has 1 nitrogen and oxygen atoms in total. The van der Waals surface area contributed by atoms with Gasteiger partial charge in [-0.1, -0.05) is 48.5 Å². The molecule has 0 saturated heterocycles. The van der Waals surface area contributed by atoms with Crippen molar-refractivity contribution in [2.75, 3.05) is 7.11 Å². The van der Waals surface area contributed by atoms with E-state index in [4.69, 9.17) is 4.74 Å². The molecule has 2 aliphatic rings. The zero-order valence-corrected chi connectivity index (χ0v) is 9.81. The molecule has 2 atom stereocenters. The van der Waals surface area contributed by atoms with Crippen LogP contribution in [0.1, 0.15) is 23.5 Å². The minimum Gasteiger partial charge on any atom is -0.373 e. The highest BCUT2D eigenvalue weighted by Gasteiger charge is 2.60. The average molecular weight is 222 g/mol. The summed E-state index contributed by atoms with van der Waals surface area (Å²) >= 11 is 0. The Hall–Kier alpha value is -1.60. The molecule has 4 rings (SSSR count). The zero-order chi connectivity index (χ0) is 11.5. The Morgan fingerprint density at radius 3 is 2.53 bits per heavy atom. The maximum atomic E-state index is 5.84. The lowest BCUT2D eigenvalue weighted by molar-refractivity contribution is 0.0724. The summed E-state index contributed by atoms with van der Waals surface area (Å²) in [6.45, 7) is 0. The molecule has 2 aromatic carbocycles. The van der Waals surface area contributed by atoms with Gasteiger partial charge < -0.3 is 4.74 Å². The fourth-order valence-electron chi connectivity index (χ4n) is 3.37. The summed E-state index contributed by atoms with van der Waals surface area (Å²) in [5.41, 5.74) is 5.52. The number of hydrogen-bond acceptors (Lipinski definition) is 1. The minimum absolute atomic E-state index is 0.0368. The van der Waals surface area contributed by atoms with E-state index in [1.165, 1.54) is 22.3 Å². The van der Waals surface area contributed by atoms with Gasteiger partial charge in [-0.15, -0.1) is 0 Å². The number of rotatable bonds is 1. The lowest BCUT2D eigenvalue weighted by atomic mass is 9.84. The molecule has 0 amide bonds. The van der Waals surface area contributed by atoms with E-state index in [9.17, 15) is 0 Å². The summed E-state index contributed by atoms with van der Waals surface area (Å²) < 4.78 is 5.84. The summed E-state index contributed by atoms with van der Waals surface area (Å²) in [6.07, 6.45) is 1.12. The number of hydrogen-bond donors (Lipinski definition) is 0. The van der Waals surface area contributed by atoms with Crippen LogP contribution < -0.4 is 0 Å². The molecule has 0 unspecified atom stereocenters. The maximum Gasteiger partial charge on any atom is 0.101 e. The standard InChI is InChI=1S/C16H14O/c1-17-16-10-15(16)13-8-3-2-6-11(13)12-7-4-5-9-14(12)16/h2-9,15H,10H2,1H3/t15-,16-/m1/s1. The summed E-state index contributed by atoms with van der Waals surface area (Å²) in [4.78, 5) is 0. The van der Waals surface area contributed by atoms with Gasteiger partial charge in [0, 0.05) is 13.0 Å². The van der Waals surface area contributed by atoms with Crippen LogP contribution in [0.25, 0.3) is 11.1 Å². The van der Waals surface area contributed by atoms with Gasteiger partial charge in [-0.05, 0) is 28.7 Å². The van der Waals surface area contributed by atoms with Crippen LogP contribution in [0.4, 0.5) is 0 Å². The van der Waals surface area contributed by atoms with Crippen molar-refractivity contribution in [3.05, 3.63) is 59.7 Å². The van der Waals surface area contributed by atoms with Crippen molar-refractivity contribution in [1.82, 2.24) is 0 Å². The molecule has 1 heteroatoms. The van der Waals surface area contributed by atoms with Crippen LogP contribution >= 0.6 is 0 Å². The molecule has 1 fully saturated rings. The van der Waals surface area contributed by atoms with E-state index in [2.05, 4.69) is 48.5 Å². The quantitative estimate of drug-likeness (QED) is 0.715. The summed E-state index contributed by atoms with van der Waals surface area (Å²) in [5.74, 6) is 0.554. The second-order valence-electron chi connectivity index (χ2n) is 4.98. The van der Waals surface area contributed by atoms with E-state index < -0.39 is 0 Å². The van der Waals surface area contributed by atoms with E-state index in [1.807, 2.05) is 7.11 Å². The molecule has 0 heterocycles. The molecule has 0 spiro atoms. The third-order valence-corrected chi connectivity index (χ3v) is 4.28. The van der Waals surface area contributed by atoms with E-state index in [-0.39, 0.29) is 5.60 Å². The van der Waals surface area contributed by atoms with E-state index >= 15 is 0 Å². The van der Waals surface area contributed by atoms with Crippen molar-refractivity contribution in [3.8, 4) is 11.1 Å². The van der Waals surface area contributed by atoms with Gasteiger partial charge in [0.15, 0.2) is 0 Å². The summed E-state index contributed by atoms with van der Waals surface area (Å²) in [5, 5.41) is 0. The monoisotopic (exact) mass is 222 g/mol. The van der Waals surface area contributed by atoms with Crippen LogP contribution in [-0.4, -0.2) is 7.11 Å². The Morgan fingerprint density at radius 2 is 1.71 bits per heavy atom. The van der Waals surface area contributed by atoms with Gasteiger partial charge in [0.2, 0.25) is 0 Å². The molecule has 0 N–H and O–H groups in total. The molecular formula is C16H14O. The summed E-state index contributed by atoms with van der Waals surface area (Å²) in [6, 6.07) is 17.4. The van der Waals surface area contributed by atoms with Crippen LogP contribution in [0.2, 0.25) is 0 Å². The lowest BCUT2D eigenvalue weighted by Crippen LogP contribution is -2.17. The third-order valence-electron chi connectivity index (χ3n) is 4.28. The van der Waals surface area contributed by atoms with Crippen LogP contribution in [0.5, 0.6) is 0 Å². The van der Waals surface area contributed by atoms with Crippen molar-refractivity contribution >= 4 is 0 Å². The SMILES string of the molecule is CO[C@@]12C[C@@H]1c1ccccc1-c1ccccc12. The number of methoxy groups -OCH3 is 1. The Kier molecular flexibility index (Phi) is 1.66. The predicted octanol–water partition coefficient (Wildman–Crippen LogP) is 3.70. The van der Waals surface area contributed by atoms with Gasteiger partial charge in [-0.3, -0.25) is 0 Å². The van der Waals surface area contributed by atoms with Gasteiger partial charge in [0.05, 0.1) is 0 Å². The van der Waals surface area contributed by atoms with Gasteiger partial charge in [-0.2, -0.15) is 0 Å². The molecule has 0 aliphatic heterocycles. The number of benzene rings is 2. The number of fused-ring (bicyclic) bond motifs is 6. The Morgan fingerprint density at radius 1 is 1.00 bits per heavy atom. The molecule has 84 valence electrons. The maximum absolute atomic E-state index is 5.84. The first-order valence-electron chi connectivity index (χ1n) is 6.11. The lowest BCUT2D eigenvalue weighted by Gasteiger charge is -2.26. The topological polar surface area (TPSA) is 9.23 Å². The number of ether oxygens (including phenoxy) is 1. The molecular weight excluding hydrogens is 208 g/mol. The average Bonchev–Trinajstić information content (AvgIpc) is 3.16. The van der Waals surface area contributed by atoms with Crippen LogP contribution in [-0.2, 0) is 10.3 Å². The first-order valence-corrected chi connectivity index (χ1v) is 6.11. The fourth-order valence-corrected chi connectivity index (χ4v) is 3.37. The molecule has 0 aromatic heterocycles. The van der Waals surface area contributed by atoms with Gasteiger partial charge in [0.25, 0.3) is 0 Å². The minimum atomic E-state index is -0.0368. The zero-order valence-electron chi connectivity index (χ0n) is 9.81. The normalized spacial score (nSPS) is 27.9. The van der Waals surface area contributed by atoms with Crippen LogP contribution in [0.3, 0.4) is 0 Å². The smallest absolute Gasteiger partial charge is 0.101 e. The van der Waals surface area contributed by atoms with Gasteiger partial charge in [0.1, 0.15) is 5.60 Å². The molecule has 1 saturated carbocycles. The van der Waals surface area contributed by atoms with Crippen molar-refractivity contribution < 1.29 is 4.74 Å². The first-order chi connectivity index (χ1) is 8.37. The van der Waals surface area contributed by atoms with E-state index in [0.29, 0.717) is 5.92 Å². The van der Waals surface area contributed by atoms with Gasteiger partial charge in [-0.25, -0.2) is 0 Å². The Bertz CT molecular complexity index is 602. The van der Waals surface area contributed by atoms with Crippen molar-refractivity contribution in [3.63, 3.8) is 0 Å². The van der Waals surface area contributed by atoms with Gasteiger partial charge >= 0.3 is 0 Å². The molecule has 0 bridgehead atoms. The second kappa shape index (κ2) is 2.99.